The minimum atomic E-state index is 0.106. The Labute approximate surface area is 134 Å². The van der Waals surface area contributed by atoms with Crippen LogP contribution in [0.4, 0.5) is 5.95 Å². The standard InChI is InChI=1S/C17H16N4O2/c1-21(2)16-18-15(13-10-6-7-11-14(13)22)19-17(20-16)23-12-8-4-3-5-9-12/h3-11,22H,1-2H3. The van der Waals surface area contributed by atoms with Gasteiger partial charge in [0.05, 0.1) is 5.56 Å². The zero-order valence-corrected chi connectivity index (χ0v) is 12.8. The lowest BCUT2D eigenvalue weighted by molar-refractivity contribution is 0.440. The number of benzene rings is 2. The summed E-state index contributed by atoms with van der Waals surface area (Å²) < 4.78 is 5.70. The number of rotatable bonds is 4. The third-order valence-corrected chi connectivity index (χ3v) is 3.10. The molecule has 0 amide bonds. The number of phenolic OH excluding ortho intramolecular Hbond substituents is 1. The van der Waals surface area contributed by atoms with Crippen molar-refractivity contribution in [1.29, 1.82) is 0 Å². The molecule has 3 aromatic rings. The molecule has 1 N–H and O–H groups in total. The van der Waals surface area contributed by atoms with Crippen LogP contribution >= 0.6 is 0 Å². The number of anilines is 1. The predicted molar refractivity (Wildman–Crippen MR) is 87.8 cm³/mol. The van der Waals surface area contributed by atoms with Crippen LogP contribution in [0, 0.1) is 0 Å². The SMILES string of the molecule is CN(C)c1nc(Oc2ccccc2)nc(-c2ccccc2O)n1. The smallest absolute Gasteiger partial charge is 0.327 e. The molecule has 116 valence electrons. The van der Waals surface area contributed by atoms with Crippen molar-refractivity contribution in [1.82, 2.24) is 15.0 Å². The Balaban J connectivity index is 2.05. The molecular formula is C17H16N4O2. The van der Waals surface area contributed by atoms with Crippen LogP contribution in [-0.2, 0) is 0 Å². The molecule has 0 aliphatic heterocycles. The molecule has 0 aliphatic rings. The number of hydrogen-bond donors (Lipinski definition) is 1. The van der Waals surface area contributed by atoms with Gasteiger partial charge in [0.25, 0.3) is 0 Å². The van der Waals surface area contributed by atoms with Crippen molar-refractivity contribution in [2.45, 2.75) is 0 Å². The molecule has 0 fully saturated rings. The van der Waals surface area contributed by atoms with Gasteiger partial charge in [-0.15, -0.1) is 0 Å². The van der Waals surface area contributed by atoms with Crippen LogP contribution in [0.3, 0.4) is 0 Å². The highest BCUT2D eigenvalue weighted by molar-refractivity contribution is 5.64. The van der Waals surface area contributed by atoms with Crippen molar-refractivity contribution in [3.05, 3.63) is 54.6 Å². The Kier molecular flexibility index (Phi) is 4.05. The number of aromatic nitrogens is 3. The number of para-hydroxylation sites is 2. The number of ether oxygens (including phenoxy) is 1. The molecule has 23 heavy (non-hydrogen) atoms. The molecule has 0 radical (unpaired) electrons. The van der Waals surface area contributed by atoms with Gasteiger partial charge in [-0.25, -0.2) is 0 Å². The Morgan fingerprint density at radius 2 is 1.57 bits per heavy atom. The summed E-state index contributed by atoms with van der Waals surface area (Å²) in [7, 11) is 3.66. The normalized spacial score (nSPS) is 10.3. The van der Waals surface area contributed by atoms with Crippen LogP contribution in [-0.4, -0.2) is 34.2 Å². The minimum absolute atomic E-state index is 0.106. The van der Waals surface area contributed by atoms with Gasteiger partial charge in [0.2, 0.25) is 5.95 Å². The topological polar surface area (TPSA) is 71.4 Å². The summed E-state index contributed by atoms with van der Waals surface area (Å²) in [5, 5.41) is 10.0. The van der Waals surface area contributed by atoms with E-state index in [0.29, 0.717) is 23.1 Å². The fourth-order valence-corrected chi connectivity index (χ4v) is 1.97. The Bertz CT molecular complexity index is 807. The first-order chi connectivity index (χ1) is 11.1. The highest BCUT2D eigenvalue weighted by Gasteiger charge is 2.14. The maximum Gasteiger partial charge on any atom is 0.327 e. The van der Waals surface area contributed by atoms with Crippen LogP contribution in [0.5, 0.6) is 17.5 Å². The van der Waals surface area contributed by atoms with E-state index in [2.05, 4.69) is 15.0 Å². The Morgan fingerprint density at radius 1 is 0.870 bits per heavy atom. The molecule has 0 atom stereocenters. The zero-order valence-electron chi connectivity index (χ0n) is 12.8. The van der Waals surface area contributed by atoms with E-state index in [1.165, 1.54) is 0 Å². The highest BCUT2D eigenvalue weighted by Crippen LogP contribution is 2.28. The van der Waals surface area contributed by atoms with Crippen molar-refractivity contribution >= 4 is 5.95 Å². The summed E-state index contributed by atoms with van der Waals surface area (Å²) in [5.41, 5.74) is 0.524. The molecule has 6 nitrogen and oxygen atoms in total. The second-order valence-corrected chi connectivity index (χ2v) is 5.07. The van der Waals surface area contributed by atoms with E-state index in [1.807, 2.05) is 50.5 Å². The van der Waals surface area contributed by atoms with Gasteiger partial charge < -0.3 is 14.7 Å². The van der Waals surface area contributed by atoms with Crippen molar-refractivity contribution in [3.8, 4) is 28.9 Å². The molecule has 6 heteroatoms. The van der Waals surface area contributed by atoms with Gasteiger partial charge in [-0.3, -0.25) is 0 Å². The molecule has 3 rings (SSSR count). The Hall–Kier alpha value is -3.15. The van der Waals surface area contributed by atoms with E-state index in [9.17, 15) is 5.11 Å². The summed E-state index contributed by atoms with van der Waals surface area (Å²) in [6.07, 6.45) is 0. The summed E-state index contributed by atoms with van der Waals surface area (Å²) in [4.78, 5) is 14.7. The minimum Gasteiger partial charge on any atom is -0.507 e. The Morgan fingerprint density at radius 3 is 2.26 bits per heavy atom. The largest absolute Gasteiger partial charge is 0.507 e. The summed E-state index contributed by atoms with van der Waals surface area (Å²) in [6.45, 7) is 0. The summed E-state index contributed by atoms with van der Waals surface area (Å²) in [6, 6.07) is 16.3. The fourth-order valence-electron chi connectivity index (χ4n) is 1.97. The van der Waals surface area contributed by atoms with Crippen LogP contribution < -0.4 is 9.64 Å². The van der Waals surface area contributed by atoms with Crippen LogP contribution in [0.25, 0.3) is 11.4 Å². The zero-order chi connectivity index (χ0) is 16.2. The van der Waals surface area contributed by atoms with Gasteiger partial charge in [-0.05, 0) is 24.3 Å². The van der Waals surface area contributed by atoms with E-state index in [4.69, 9.17) is 4.74 Å². The lowest BCUT2D eigenvalue weighted by Crippen LogP contribution is -2.14. The van der Waals surface area contributed by atoms with Gasteiger partial charge >= 0.3 is 6.01 Å². The fraction of sp³-hybridized carbons (Fsp3) is 0.118. The maximum atomic E-state index is 10.0. The van der Waals surface area contributed by atoms with E-state index < -0.39 is 0 Å². The number of nitrogens with zero attached hydrogens (tertiary/aromatic N) is 4. The maximum absolute atomic E-state index is 10.0. The molecular weight excluding hydrogens is 292 g/mol. The molecule has 0 bridgehead atoms. The second kappa shape index (κ2) is 6.31. The predicted octanol–water partition coefficient (Wildman–Crippen LogP) is 3.10. The molecule has 0 saturated heterocycles. The van der Waals surface area contributed by atoms with Gasteiger partial charge in [-0.2, -0.15) is 15.0 Å². The van der Waals surface area contributed by atoms with E-state index >= 15 is 0 Å². The van der Waals surface area contributed by atoms with Crippen LogP contribution in [0.15, 0.2) is 54.6 Å². The average Bonchev–Trinajstić information content (AvgIpc) is 2.56. The van der Waals surface area contributed by atoms with Crippen LogP contribution in [0.1, 0.15) is 0 Å². The van der Waals surface area contributed by atoms with Gasteiger partial charge in [0.1, 0.15) is 11.5 Å². The van der Waals surface area contributed by atoms with Crippen molar-refractivity contribution in [3.63, 3.8) is 0 Å². The van der Waals surface area contributed by atoms with Gasteiger partial charge in [0, 0.05) is 14.1 Å². The average molecular weight is 308 g/mol. The summed E-state index contributed by atoms with van der Waals surface area (Å²) in [5.74, 6) is 1.54. The van der Waals surface area contributed by atoms with E-state index in [0.717, 1.165) is 0 Å². The van der Waals surface area contributed by atoms with Gasteiger partial charge in [0.15, 0.2) is 5.82 Å². The summed E-state index contributed by atoms with van der Waals surface area (Å²) >= 11 is 0. The first-order valence-corrected chi connectivity index (χ1v) is 7.08. The lowest BCUT2D eigenvalue weighted by Gasteiger charge is -2.13. The molecule has 0 unspecified atom stereocenters. The monoisotopic (exact) mass is 308 g/mol. The molecule has 2 aromatic carbocycles. The molecule has 1 heterocycles. The lowest BCUT2D eigenvalue weighted by atomic mass is 10.2. The molecule has 0 aliphatic carbocycles. The third-order valence-electron chi connectivity index (χ3n) is 3.10. The number of aromatic hydroxyl groups is 1. The van der Waals surface area contributed by atoms with Crippen molar-refractivity contribution in [2.75, 3.05) is 19.0 Å². The highest BCUT2D eigenvalue weighted by atomic mass is 16.5. The van der Waals surface area contributed by atoms with E-state index in [1.54, 1.807) is 23.1 Å². The van der Waals surface area contributed by atoms with Crippen LogP contribution in [0.2, 0.25) is 0 Å². The van der Waals surface area contributed by atoms with Crippen molar-refractivity contribution < 1.29 is 9.84 Å². The second-order valence-electron chi connectivity index (χ2n) is 5.07. The quantitative estimate of drug-likeness (QED) is 0.798. The molecule has 1 aromatic heterocycles. The number of phenols is 1. The van der Waals surface area contributed by atoms with Crippen molar-refractivity contribution in [2.24, 2.45) is 0 Å². The number of hydrogen-bond acceptors (Lipinski definition) is 6. The third kappa shape index (κ3) is 3.37. The molecule has 0 saturated carbocycles. The first kappa shape index (κ1) is 14.8. The molecule has 0 spiro atoms. The van der Waals surface area contributed by atoms with E-state index in [-0.39, 0.29) is 11.8 Å². The van der Waals surface area contributed by atoms with Gasteiger partial charge in [-0.1, -0.05) is 30.3 Å². The first-order valence-electron chi connectivity index (χ1n) is 7.08.